The normalized spacial score (nSPS) is 12.9. The molecule has 0 saturated heterocycles. The summed E-state index contributed by atoms with van der Waals surface area (Å²) in [5.41, 5.74) is 4.55. The van der Waals surface area contributed by atoms with Crippen LogP contribution in [-0.2, 0) is 13.0 Å². The number of nitrogens with one attached hydrogen (secondary N) is 2. The molecule has 0 fully saturated rings. The van der Waals surface area contributed by atoms with Crippen molar-refractivity contribution in [3.63, 3.8) is 0 Å². The fourth-order valence-corrected chi connectivity index (χ4v) is 2.17. The average molecular weight is 269 g/mol. The Morgan fingerprint density at radius 1 is 1.61 bits per heavy atom. The lowest BCUT2D eigenvalue weighted by atomic mass is 10.1. The molecule has 2 rings (SSSR count). The van der Waals surface area contributed by atoms with E-state index in [-0.39, 0.29) is 6.04 Å². The molecule has 98 valence electrons. The Balaban J connectivity index is 2.27. The van der Waals surface area contributed by atoms with Crippen molar-refractivity contribution in [3.05, 3.63) is 34.6 Å². The maximum absolute atomic E-state index is 6.27. The Morgan fingerprint density at radius 2 is 2.39 bits per heavy atom. The molecular formula is C11H17ClN6. The third kappa shape index (κ3) is 2.40. The molecule has 0 spiro atoms. The lowest BCUT2D eigenvalue weighted by Gasteiger charge is -2.14. The number of hydrogen-bond acceptors (Lipinski definition) is 4. The second-order valence-electron chi connectivity index (χ2n) is 4.06. The predicted molar refractivity (Wildman–Crippen MR) is 70.0 cm³/mol. The molecule has 6 nitrogen and oxygen atoms in total. The molecule has 0 radical (unpaired) electrons. The van der Waals surface area contributed by atoms with Crippen molar-refractivity contribution in [2.24, 2.45) is 5.84 Å². The van der Waals surface area contributed by atoms with E-state index < -0.39 is 0 Å². The number of imidazole rings is 1. The van der Waals surface area contributed by atoms with Crippen LogP contribution >= 0.6 is 11.6 Å². The first kappa shape index (κ1) is 13.1. The molecule has 0 aliphatic carbocycles. The number of hydrogen-bond donors (Lipinski definition) is 3. The lowest BCUT2D eigenvalue weighted by molar-refractivity contribution is 0.499. The van der Waals surface area contributed by atoms with Gasteiger partial charge in [0, 0.05) is 25.4 Å². The molecule has 0 amide bonds. The molecule has 0 bridgehead atoms. The van der Waals surface area contributed by atoms with Crippen LogP contribution in [0, 0.1) is 6.92 Å². The third-order valence-electron chi connectivity index (χ3n) is 2.90. The summed E-state index contributed by atoms with van der Waals surface area (Å²) in [7, 11) is 0. The Kier molecular flexibility index (Phi) is 4.00. The molecule has 2 aromatic rings. The van der Waals surface area contributed by atoms with Crippen molar-refractivity contribution in [3.8, 4) is 0 Å². The van der Waals surface area contributed by atoms with Gasteiger partial charge in [-0.15, -0.1) is 0 Å². The smallest absolute Gasteiger partial charge is 0.124 e. The number of aromatic amines is 1. The van der Waals surface area contributed by atoms with Crippen LogP contribution in [0.25, 0.3) is 0 Å². The van der Waals surface area contributed by atoms with Gasteiger partial charge >= 0.3 is 0 Å². The maximum atomic E-state index is 6.27. The van der Waals surface area contributed by atoms with E-state index in [9.17, 15) is 0 Å². The summed E-state index contributed by atoms with van der Waals surface area (Å²) in [6, 6.07) is -0.112. The van der Waals surface area contributed by atoms with Gasteiger partial charge in [0.2, 0.25) is 0 Å². The highest BCUT2D eigenvalue weighted by Crippen LogP contribution is 2.24. The van der Waals surface area contributed by atoms with Crippen LogP contribution in [0.4, 0.5) is 0 Å². The summed E-state index contributed by atoms with van der Waals surface area (Å²) in [4.78, 5) is 7.25. The SMILES string of the molecule is CCn1nc(C)c(Cl)c1CC(NN)c1ncc[nH]1. The fraction of sp³-hybridized carbons (Fsp3) is 0.455. The van der Waals surface area contributed by atoms with Crippen LogP contribution in [0.5, 0.6) is 0 Å². The number of nitrogens with zero attached hydrogens (tertiary/aromatic N) is 3. The van der Waals surface area contributed by atoms with Gasteiger partial charge in [0.15, 0.2) is 0 Å². The van der Waals surface area contributed by atoms with E-state index in [1.165, 1.54) is 0 Å². The average Bonchev–Trinajstić information content (AvgIpc) is 2.98. The maximum Gasteiger partial charge on any atom is 0.124 e. The molecule has 0 aliphatic rings. The molecule has 18 heavy (non-hydrogen) atoms. The van der Waals surface area contributed by atoms with Gasteiger partial charge in [-0.25, -0.2) is 10.4 Å². The molecule has 2 heterocycles. The van der Waals surface area contributed by atoms with E-state index in [1.54, 1.807) is 12.4 Å². The Labute approximate surface area is 111 Å². The Morgan fingerprint density at radius 3 is 2.94 bits per heavy atom. The summed E-state index contributed by atoms with van der Waals surface area (Å²) in [5.74, 6) is 6.36. The zero-order chi connectivity index (χ0) is 13.1. The van der Waals surface area contributed by atoms with Gasteiger partial charge in [-0.2, -0.15) is 5.10 Å². The highest BCUT2D eigenvalue weighted by Gasteiger charge is 2.19. The molecular weight excluding hydrogens is 252 g/mol. The monoisotopic (exact) mass is 268 g/mol. The predicted octanol–water partition coefficient (Wildman–Crippen LogP) is 1.34. The van der Waals surface area contributed by atoms with Crippen LogP contribution in [0.3, 0.4) is 0 Å². The van der Waals surface area contributed by atoms with E-state index in [2.05, 4.69) is 20.5 Å². The number of rotatable bonds is 5. The van der Waals surface area contributed by atoms with Crippen LogP contribution in [0.15, 0.2) is 12.4 Å². The minimum Gasteiger partial charge on any atom is -0.347 e. The number of hydrazine groups is 1. The molecule has 7 heteroatoms. The summed E-state index contributed by atoms with van der Waals surface area (Å²) in [6.07, 6.45) is 4.10. The van der Waals surface area contributed by atoms with E-state index in [0.29, 0.717) is 11.4 Å². The first-order valence-electron chi connectivity index (χ1n) is 5.84. The Hall–Kier alpha value is -1.37. The van der Waals surface area contributed by atoms with Crippen LogP contribution in [0.2, 0.25) is 5.02 Å². The standard InChI is InChI=1S/C11H17ClN6/c1-3-18-9(10(12)7(2)17-18)6-8(16-13)11-14-4-5-15-11/h4-5,8,16H,3,6,13H2,1-2H3,(H,14,15). The highest BCUT2D eigenvalue weighted by molar-refractivity contribution is 6.31. The van der Waals surface area contributed by atoms with Crippen molar-refractivity contribution in [1.82, 2.24) is 25.2 Å². The van der Waals surface area contributed by atoms with Gasteiger partial charge in [0.05, 0.1) is 22.5 Å². The zero-order valence-electron chi connectivity index (χ0n) is 10.4. The highest BCUT2D eigenvalue weighted by atomic mass is 35.5. The van der Waals surface area contributed by atoms with Crippen LogP contribution in [-0.4, -0.2) is 19.7 Å². The van der Waals surface area contributed by atoms with Gasteiger partial charge in [-0.1, -0.05) is 11.6 Å². The molecule has 0 aliphatic heterocycles. The number of nitrogens with two attached hydrogens (primary N) is 1. The van der Waals surface area contributed by atoms with Crippen LogP contribution < -0.4 is 11.3 Å². The third-order valence-corrected chi connectivity index (χ3v) is 3.39. The summed E-state index contributed by atoms with van der Waals surface area (Å²) in [6.45, 7) is 4.71. The largest absolute Gasteiger partial charge is 0.347 e. The van der Waals surface area contributed by atoms with Crippen molar-refractivity contribution < 1.29 is 0 Å². The second-order valence-corrected chi connectivity index (χ2v) is 4.44. The Bertz CT molecular complexity index is 504. The van der Waals surface area contributed by atoms with Crippen LogP contribution in [0.1, 0.15) is 30.2 Å². The molecule has 4 N–H and O–H groups in total. The van der Waals surface area contributed by atoms with Gasteiger partial charge < -0.3 is 4.98 Å². The summed E-state index contributed by atoms with van der Waals surface area (Å²) >= 11 is 6.27. The van der Waals surface area contributed by atoms with Crippen molar-refractivity contribution >= 4 is 11.6 Å². The molecule has 1 unspecified atom stereocenters. The van der Waals surface area contributed by atoms with Gasteiger partial charge in [0.25, 0.3) is 0 Å². The topological polar surface area (TPSA) is 84.6 Å². The molecule has 0 aromatic carbocycles. The van der Waals surface area contributed by atoms with Gasteiger partial charge in [-0.3, -0.25) is 10.5 Å². The van der Waals surface area contributed by atoms with Gasteiger partial charge in [0.1, 0.15) is 5.82 Å². The molecule has 1 atom stereocenters. The lowest BCUT2D eigenvalue weighted by Crippen LogP contribution is -2.31. The summed E-state index contributed by atoms with van der Waals surface area (Å²) < 4.78 is 1.89. The first-order valence-corrected chi connectivity index (χ1v) is 6.22. The van der Waals surface area contributed by atoms with Gasteiger partial charge in [-0.05, 0) is 13.8 Å². The molecule has 0 saturated carbocycles. The van der Waals surface area contributed by atoms with Crippen molar-refractivity contribution in [1.29, 1.82) is 0 Å². The minimum absolute atomic E-state index is 0.112. The van der Waals surface area contributed by atoms with Crippen molar-refractivity contribution in [2.75, 3.05) is 0 Å². The van der Waals surface area contributed by atoms with E-state index in [1.807, 2.05) is 18.5 Å². The van der Waals surface area contributed by atoms with E-state index >= 15 is 0 Å². The summed E-state index contributed by atoms with van der Waals surface area (Å²) in [5, 5.41) is 5.08. The van der Waals surface area contributed by atoms with E-state index in [0.717, 1.165) is 23.8 Å². The number of aryl methyl sites for hydroxylation is 2. The minimum atomic E-state index is -0.112. The van der Waals surface area contributed by atoms with E-state index in [4.69, 9.17) is 17.4 Å². The number of halogens is 1. The first-order chi connectivity index (χ1) is 8.67. The van der Waals surface area contributed by atoms with Crippen molar-refractivity contribution in [2.45, 2.75) is 32.9 Å². The second kappa shape index (κ2) is 5.51. The quantitative estimate of drug-likeness (QED) is 0.564. The number of aromatic nitrogens is 4. The number of H-pyrrole nitrogens is 1. The fourth-order valence-electron chi connectivity index (χ4n) is 1.96. The molecule has 2 aromatic heterocycles. The zero-order valence-corrected chi connectivity index (χ0v) is 11.2.